The van der Waals surface area contributed by atoms with Gasteiger partial charge >= 0.3 is 0 Å². The second-order valence-electron chi connectivity index (χ2n) is 8.00. The fraction of sp³-hybridized carbons (Fsp3) is 0.435. The number of nitrogens with zero attached hydrogens (tertiary/aromatic N) is 3. The molecule has 0 radical (unpaired) electrons. The number of amides is 1. The van der Waals surface area contributed by atoms with Crippen LogP contribution in [0.25, 0.3) is 0 Å². The predicted molar refractivity (Wildman–Crippen MR) is 112 cm³/mol. The number of benzene rings is 1. The summed E-state index contributed by atoms with van der Waals surface area (Å²) in [5.41, 5.74) is 4.04. The third-order valence-corrected chi connectivity index (χ3v) is 5.72. The van der Waals surface area contributed by atoms with Crippen LogP contribution in [0.3, 0.4) is 0 Å². The summed E-state index contributed by atoms with van der Waals surface area (Å²) >= 11 is 0. The molecule has 30 heavy (non-hydrogen) atoms. The molecule has 0 spiro atoms. The summed E-state index contributed by atoms with van der Waals surface area (Å²) in [6.45, 7) is 7.05. The highest BCUT2D eigenvalue weighted by Crippen LogP contribution is 2.35. The van der Waals surface area contributed by atoms with Gasteiger partial charge in [-0.15, -0.1) is 0 Å². The molecule has 1 aromatic carbocycles. The number of aromatic nitrogens is 3. The van der Waals surface area contributed by atoms with Gasteiger partial charge in [0.25, 0.3) is 0 Å². The number of nitrogens with one attached hydrogen (secondary N) is 1. The van der Waals surface area contributed by atoms with Crippen LogP contribution in [-0.4, -0.2) is 33.5 Å². The Morgan fingerprint density at radius 2 is 2.07 bits per heavy atom. The molecule has 1 amide bonds. The number of hydrogen-bond acceptors (Lipinski definition) is 5. The van der Waals surface area contributed by atoms with Crippen molar-refractivity contribution in [3.63, 3.8) is 0 Å². The number of aryl methyl sites for hydroxylation is 2. The van der Waals surface area contributed by atoms with Crippen LogP contribution in [0.4, 0.5) is 0 Å². The molecule has 3 aromatic rings. The Morgan fingerprint density at radius 3 is 2.80 bits per heavy atom. The molecule has 7 heteroatoms. The van der Waals surface area contributed by atoms with E-state index in [4.69, 9.17) is 9.26 Å². The Bertz CT molecular complexity index is 976. The fourth-order valence-electron chi connectivity index (χ4n) is 4.12. The van der Waals surface area contributed by atoms with Crippen LogP contribution in [0.5, 0.6) is 0 Å². The maximum Gasteiger partial charge on any atom is 0.226 e. The lowest BCUT2D eigenvalue weighted by Gasteiger charge is -2.22. The van der Waals surface area contributed by atoms with Gasteiger partial charge in [0, 0.05) is 24.4 Å². The van der Waals surface area contributed by atoms with Gasteiger partial charge in [0.2, 0.25) is 5.91 Å². The van der Waals surface area contributed by atoms with E-state index in [0.29, 0.717) is 26.0 Å². The quantitative estimate of drug-likeness (QED) is 0.648. The smallest absolute Gasteiger partial charge is 0.226 e. The summed E-state index contributed by atoms with van der Waals surface area (Å²) in [4.78, 5) is 13.1. The molecule has 3 atom stereocenters. The molecule has 7 nitrogen and oxygen atoms in total. The van der Waals surface area contributed by atoms with Gasteiger partial charge < -0.3 is 14.6 Å². The van der Waals surface area contributed by atoms with E-state index in [2.05, 4.69) is 27.7 Å². The van der Waals surface area contributed by atoms with Gasteiger partial charge in [0.1, 0.15) is 11.9 Å². The topological polar surface area (TPSA) is 82.2 Å². The molecule has 0 aliphatic carbocycles. The monoisotopic (exact) mass is 408 g/mol. The van der Waals surface area contributed by atoms with E-state index in [0.717, 1.165) is 28.3 Å². The lowest BCUT2D eigenvalue weighted by molar-refractivity contribution is -0.127. The number of carbonyl (C=O) groups excluding carboxylic acids is 1. The summed E-state index contributed by atoms with van der Waals surface area (Å²) in [6.07, 6.45) is 2.87. The molecule has 1 N–H and O–H groups in total. The summed E-state index contributed by atoms with van der Waals surface area (Å²) in [7, 11) is 0. The van der Waals surface area contributed by atoms with Gasteiger partial charge in [0.05, 0.1) is 23.9 Å². The van der Waals surface area contributed by atoms with Crippen molar-refractivity contribution in [2.45, 2.75) is 52.3 Å². The first-order valence-electron chi connectivity index (χ1n) is 10.4. The summed E-state index contributed by atoms with van der Waals surface area (Å²) < 4.78 is 13.2. The Morgan fingerprint density at radius 1 is 1.27 bits per heavy atom. The molecular weight excluding hydrogens is 380 g/mol. The summed E-state index contributed by atoms with van der Waals surface area (Å²) in [5, 5.41) is 11.6. The standard InChI is InChI=1S/C23H28N4O3/c1-15(13-20-16(2)26-30-17(20)3)25-23(28)19-10-12-29-22(19)21-9-11-24-27(21)14-18-7-5-4-6-8-18/h4-9,11,15,19,22H,10,12-14H2,1-3H3,(H,25,28)/t15-,19-,22-/m0/s1. The third kappa shape index (κ3) is 4.31. The van der Waals surface area contributed by atoms with Crippen molar-refractivity contribution < 1.29 is 14.1 Å². The first kappa shape index (κ1) is 20.3. The highest BCUT2D eigenvalue weighted by Gasteiger charge is 2.37. The van der Waals surface area contributed by atoms with E-state index in [-0.39, 0.29) is 24.0 Å². The minimum Gasteiger partial charge on any atom is -0.371 e. The Labute approximate surface area is 176 Å². The fourth-order valence-corrected chi connectivity index (χ4v) is 4.12. The molecule has 2 aromatic heterocycles. The molecule has 1 saturated heterocycles. The van der Waals surface area contributed by atoms with E-state index >= 15 is 0 Å². The number of ether oxygens (including phenoxy) is 1. The van der Waals surface area contributed by atoms with Gasteiger partial charge in [-0.2, -0.15) is 5.10 Å². The molecule has 1 aliphatic rings. The lowest BCUT2D eigenvalue weighted by atomic mass is 9.96. The van der Waals surface area contributed by atoms with Crippen LogP contribution in [-0.2, 0) is 22.5 Å². The lowest BCUT2D eigenvalue weighted by Crippen LogP contribution is -2.39. The minimum absolute atomic E-state index is 0.0178. The number of hydrogen-bond donors (Lipinski definition) is 1. The molecule has 0 saturated carbocycles. The Kier molecular flexibility index (Phi) is 5.99. The molecule has 0 unspecified atom stereocenters. The second-order valence-corrected chi connectivity index (χ2v) is 8.00. The van der Waals surface area contributed by atoms with Crippen molar-refractivity contribution in [2.24, 2.45) is 5.92 Å². The summed E-state index contributed by atoms with van der Waals surface area (Å²) in [5.74, 6) is 0.591. The highest BCUT2D eigenvalue weighted by atomic mass is 16.5. The summed E-state index contributed by atoms with van der Waals surface area (Å²) in [6, 6.07) is 12.1. The largest absolute Gasteiger partial charge is 0.371 e. The maximum absolute atomic E-state index is 13.1. The van der Waals surface area contributed by atoms with Gasteiger partial charge in [-0.1, -0.05) is 35.5 Å². The van der Waals surface area contributed by atoms with Crippen molar-refractivity contribution in [1.82, 2.24) is 20.3 Å². The maximum atomic E-state index is 13.1. The Balaban J connectivity index is 1.44. The molecule has 4 rings (SSSR count). The third-order valence-electron chi connectivity index (χ3n) is 5.72. The SMILES string of the molecule is Cc1noc(C)c1C[C@H](C)NC(=O)[C@H]1CCO[C@@H]1c1ccnn1Cc1ccccc1. The molecule has 1 fully saturated rings. The van der Waals surface area contributed by atoms with Crippen LogP contribution >= 0.6 is 0 Å². The van der Waals surface area contributed by atoms with Crippen molar-refractivity contribution in [3.8, 4) is 0 Å². The average molecular weight is 409 g/mol. The van der Waals surface area contributed by atoms with Gasteiger partial charge in [-0.3, -0.25) is 9.48 Å². The van der Waals surface area contributed by atoms with E-state index in [1.807, 2.05) is 49.7 Å². The van der Waals surface area contributed by atoms with Crippen molar-refractivity contribution in [1.29, 1.82) is 0 Å². The molecule has 0 bridgehead atoms. The van der Waals surface area contributed by atoms with E-state index in [1.54, 1.807) is 6.20 Å². The van der Waals surface area contributed by atoms with Crippen LogP contribution in [0, 0.1) is 19.8 Å². The van der Waals surface area contributed by atoms with Crippen LogP contribution < -0.4 is 5.32 Å². The molecular formula is C23H28N4O3. The molecule has 158 valence electrons. The highest BCUT2D eigenvalue weighted by molar-refractivity contribution is 5.80. The van der Waals surface area contributed by atoms with E-state index in [9.17, 15) is 4.79 Å². The molecule has 1 aliphatic heterocycles. The average Bonchev–Trinajstić information content (AvgIpc) is 3.45. The zero-order valence-electron chi connectivity index (χ0n) is 17.7. The van der Waals surface area contributed by atoms with Gasteiger partial charge in [0.15, 0.2) is 0 Å². The Hall–Kier alpha value is -2.93. The first-order valence-corrected chi connectivity index (χ1v) is 10.4. The predicted octanol–water partition coefficient (Wildman–Crippen LogP) is 3.36. The van der Waals surface area contributed by atoms with Crippen LogP contribution in [0.15, 0.2) is 47.1 Å². The molecule has 3 heterocycles. The van der Waals surface area contributed by atoms with Crippen molar-refractivity contribution in [3.05, 3.63) is 70.9 Å². The van der Waals surface area contributed by atoms with Crippen molar-refractivity contribution >= 4 is 5.91 Å². The first-order chi connectivity index (χ1) is 14.5. The van der Waals surface area contributed by atoms with Gasteiger partial charge in [-0.05, 0) is 45.2 Å². The zero-order chi connectivity index (χ0) is 21.1. The second kappa shape index (κ2) is 8.83. The van der Waals surface area contributed by atoms with Crippen molar-refractivity contribution in [2.75, 3.05) is 6.61 Å². The number of carbonyl (C=O) groups is 1. The minimum atomic E-state index is -0.289. The normalized spacial score (nSPS) is 19.7. The van der Waals surface area contributed by atoms with Crippen LogP contribution in [0.1, 0.15) is 47.7 Å². The van der Waals surface area contributed by atoms with E-state index in [1.165, 1.54) is 0 Å². The van der Waals surface area contributed by atoms with Gasteiger partial charge in [-0.25, -0.2) is 0 Å². The zero-order valence-corrected chi connectivity index (χ0v) is 17.7. The number of rotatable bonds is 7. The van der Waals surface area contributed by atoms with E-state index < -0.39 is 0 Å². The van der Waals surface area contributed by atoms with Crippen LogP contribution in [0.2, 0.25) is 0 Å².